The van der Waals surface area contributed by atoms with Crippen LogP contribution in [0.5, 0.6) is 0 Å². The lowest BCUT2D eigenvalue weighted by Gasteiger charge is -2.07. The van der Waals surface area contributed by atoms with Crippen molar-refractivity contribution in [3.8, 4) is 0 Å². The first-order chi connectivity index (χ1) is 9.54. The van der Waals surface area contributed by atoms with Gasteiger partial charge in [-0.1, -0.05) is 46.3 Å². The highest BCUT2D eigenvalue weighted by Gasteiger charge is 2.06. The molecule has 1 amide bonds. The second kappa shape index (κ2) is 6.63. The second-order valence-electron chi connectivity index (χ2n) is 4.30. The number of nitrogens with two attached hydrogens (primary N) is 1. The summed E-state index contributed by atoms with van der Waals surface area (Å²) in [6.45, 7) is 0. The topological polar surface area (TPSA) is 55.1 Å². The third-order valence-corrected chi connectivity index (χ3v) is 3.31. The van der Waals surface area contributed by atoms with Crippen molar-refractivity contribution in [3.05, 3.63) is 64.1 Å². The van der Waals surface area contributed by atoms with Crippen LogP contribution < -0.4 is 11.1 Å². The minimum absolute atomic E-state index is 0.145. The number of rotatable bonds is 4. The van der Waals surface area contributed by atoms with Gasteiger partial charge in [0.15, 0.2) is 0 Å². The van der Waals surface area contributed by atoms with Crippen molar-refractivity contribution in [2.45, 2.75) is 6.42 Å². The van der Waals surface area contributed by atoms with Crippen molar-refractivity contribution in [2.75, 3.05) is 5.32 Å². The maximum atomic E-state index is 12.1. The summed E-state index contributed by atoms with van der Waals surface area (Å²) in [6, 6.07) is 14.7. The summed E-state index contributed by atoms with van der Waals surface area (Å²) >= 11 is 8.20. The maximum Gasteiger partial charge on any atom is 0.255 e. The normalized spacial score (nSPS) is 10.1. The lowest BCUT2D eigenvalue weighted by atomic mass is 10.1. The van der Waals surface area contributed by atoms with Crippen LogP contribution in [0.2, 0.25) is 0 Å². The van der Waals surface area contributed by atoms with Gasteiger partial charge in [0.2, 0.25) is 0 Å². The Bertz CT molecular complexity index is 641. The Hall–Kier alpha value is -1.72. The number of thiocarbonyl (C=S) groups is 1. The standard InChI is InChI=1S/C15H13BrN2OS/c16-12-3-1-2-11(9-12)15(19)18-13-6-4-10(5-7-13)8-14(17)20/h1-7,9H,8H2,(H2,17,20)(H,18,19). The van der Waals surface area contributed by atoms with E-state index in [2.05, 4.69) is 21.2 Å². The Morgan fingerprint density at radius 2 is 1.90 bits per heavy atom. The van der Waals surface area contributed by atoms with E-state index in [0.717, 1.165) is 15.7 Å². The Labute approximate surface area is 131 Å². The van der Waals surface area contributed by atoms with Crippen LogP contribution in [-0.2, 0) is 6.42 Å². The molecule has 102 valence electrons. The fourth-order valence-corrected chi connectivity index (χ4v) is 2.31. The van der Waals surface area contributed by atoms with E-state index in [1.54, 1.807) is 12.1 Å². The van der Waals surface area contributed by atoms with Crippen molar-refractivity contribution >= 4 is 44.7 Å². The highest BCUT2D eigenvalue weighted by atomic mass is 79.9. The first-order valence-electron chi connectivity index (χ1n) is 5.99. The fraction of sp³-hybridized carbons (Fsp3) is 0.0667. The van der Waals surface area contributed by atoms with Crippen molar-refractivity contribution in [2.24, 2.45) is 5.73 Å². The molecule has 3 nitrogen and oxygen atoms in total. The van der Waals surface area contributed by atoms with Crippen LogP contribution >= 0.6 is 28.1 Å². The summed E-state index contributed by atoms with van der Waals surface area (Å²) in [5.41, 5.74) is 7.86. The van der Waals surface area contributed by atoms with Crippen LogP contribution in [0.1, 0.15) is 15.9 Å². The summed E-state index contributed by atoms with van der Waals surface area (Å²) < 4.78 is 0.872. The summed E-state index contributed by atoms with van der Waals surface area (Å²) in [6.07, 6.45) is 0.565. The molecule has 0 radical (unpaired) electrons. The number of hydrogen-bond acceptors (Lipinski definition) is 2. The lowest BCUT2D eigenvalue weighted by molar-refractivity contribution is 0.102. The molecule has 0 saturated heterocycles. The summed E-state index contributed by atoms with van der Waals surface area (Å²) in [4.78, 5) is 12.5. The Morgan fingerprint density at radius 3 is 2.50 bits per heavy atom. The van der Waals surface area contributed by atoms with Gasteiger partial charge in [-0.25, -0.2) is 0 Å². The molecule has 2 aromatic rings. The van der Waals surface area contributed by atoms with Gasteiger partial charge in [-0.15, -0.1) is 0 Å². The van der Waals surface area contributed by atoms with E-state index in [0.29, 0.717) is 17.0 Å². The zero-order valence-electron chi connectivity index (χ0n) is 10.6. The van der Waals surface area contributed by atoms with Gasteiger partial charge in [0.1, 0.15) is 0 Å². The first kappa shape index (κ1) is 14.7. The van der Waals surface area contributed by atoms with Crippen LogP contribution in [0.25, 0.3) is 0 Å². The number of amides is 1. The van der Waals surface area contributed by atoms with E-state index in [9.17, 15) is 4.79 Å². The van der Waals surface area contributed by atoms with Crippen LogP contribution in [0.4, 0.5) is 5.69 Å². The maximum absolute atomic E-state index is 12.1. The molecule has 0 unspecified atom stereocenters. The van der Waals surface area contributed by atoms with E-state index < -0.39 is 0 Å². The average Bonchev–Trinajstić information content (AvgIpc) is 2.40. The van der Waals surface area contributed by atoms with Gasteiger partial charge in [-0.05, 0) is 35.9 Å². The molecule has 5 heteroatoms. The molecule has 0 atom stereocenters. The molecule has 0 aliphatic heterocycles. The van der Waals surface area contributed by atoms with Gasteiger partial charge < -0.3 is 11.1 Å². The summed E-state index contributed by atoms with van der Waals surface area (Å²) in [7, 11) is 0. The van der Waals surface area contributed by atoms with Gasteiger partial charge in [0, 0.05) is 22.1 Å². The number of carbonyl (C=O) groups is 1. The van der Waals surface area contributed by atoms with E-state index in [1.165, 1.54) is 0 Å². The largest absolute Gasteiger partial charge is 0.393 e. The van der Waals surface area contributed by atoms with E-state index in [4.69, 9.17) is 18.0 Å². The second-order valence-corrected chi connectivity index (χ2v) is 5.74. The van der Waals surface area contributed by atoms with Crippen LogP contribution in [-0.4, -0.2) is 10.9 Å². The molecule has 0 aliphatic rings. The van der Waals surface area contributed by atoms with Crippen molar-refractivity contribution in [3.63, 3.8) is 0 Å². The quantitative estimate of drug-likeness (QED) is 0.831. The summed E-state index contributed by atoms with van der Waals surface area (Å²) in [5.74, 6) is -0.145. The molecule has 2 rings (SSSR count). The molecule has 2 aromatic carbocycles. The highest BCUT2D eigenvalue weighted by Crippen LogP contribution is 2.15. The Morgan fingerprint density at radius 1 is 1.20 bits per heavy atom. The molecule has 0 spiro atoms. The molecule has 0 aliphatic carbocycles. The highest BCUT2D eigenvalue weighted by molar-refractivity contribution is 9.10. The summed E-state index contributed by atoms with van der Waals surface area (Å²) in [5, 5.41) is 2.84. The molecular formula is C15H13BrN2OS. The van der Waals surface area contributed by atoms with Gasteiger partial charge in [0.25, 0.3) is 5.91 Å². The molecule has 0 bridgehead atoms. The van der Waals surface area contributed by atoms with Crippen LogP contribution in [0.3, 0.4) is 0 Å². The number of nitrogens with one attached hydrogen (secondary N) is 1. The third kappa shape index (κ3) is 4.15. The van der Waals surface area contributed by atoms with E-state index in [1.807, 2.05) is 36.4 Å². The lowest BCUT2D eigenvalue weighted by Crippen LogP contribution is -2.12. The number of carbonyl (C=O) groups excluding carboxylic acids is 1. The van der Waals surface area contributed by atoms with E-state index in [-0.39, 0.29) is 5.91 Å². The number of benzene rings is 2. The van der Waals surface area contributed by atoms with Crippen molar-refractivity contribution < 1.29 is 4.79 Å². The Kier molecular flexibility index (Phi) is 4.87. The van der Waals surface area contributed by atoms with Gasteiger partial charge in [-0.2, -0.15) is 0 Å². The minimum Gasteiger partial charge on any atom is -0.393 e. The van der Waals surface area contributed by atoms with E-state index >= 15 is 0 Å². The zero-order chi connectivity index (χ0) is 14.5. The molecule has 20 heavy (non-hydrogen) atoms. The SMILES string of the molecule is NC(=S)Cc1ccc(NC(=O)c2cccc(Br)c2)cc1. The van der Waals surface area contributed by atoms with Crippen LogP contribution in [0, 0.1) is 0 Å². The van der Waals surface area contributed by atoms with Gasteiger partial charge in [-0.3, -0.25) is 4.79 Å². The minimum atomic E-state index is -0.145. The predicted octanol–water partition coefficient (Wildman–Crippen LogP) is 3.53. The number of anilines is 1. The molecule has 3 N–H and O–H groups in total. The molecule has 0 aromatic heterocycles. The van der Waals surface area contributed by atoms with Gasteiger partial charge >= 0.3 is 0 Å². The Balaban J connectivity index is 2.06. The number of halogens is 1. The third-order valence-electron chi connectivity index (χ3n) is 2.68. The van der Waals surface area contributed by atoms with Gasteiger partial charge in [0.05, 0.1) is 4.99 Å². The van der Waals surface area contributed by atoms with Crippen molar-refractivity contribution in [1.82, 2.24) is 0 Å². The molecule has 0 fully saturated rings. The smallest absolute Gasteiger partial charge is 0.255 e. The molecule has 0 heterocycles. The molecule has 0 saturated carbocycles. The number of hydrogen-bond donors (Lipinski definition) is 2. The monoisotopic (exact) mass is 348 g/mol. The van der Waals surface area contributed by atoms with Crippen molar-refractivity contribution in [1.29, 1.82) is 0 Å². The molecular weight excluding hydrogens is 336 g/mol. The fourth-order valence-electron chi connectivity index (χ4n) is 1.74. The average molecular weight is 349 g/mol. The predicted molar refractivity (Wildman–Crippen MR) is 89.0 cm³/mol. The zero-order valence-corrected chi connectivity index (χ0v) is 13.0. The first-order valence-corrected chi connectivity index (χ1v) is 7.19. The van der Waals surface area contributed by atoms with Crippen LogP contribution in [0.15, 0.2) is 53.0 Å².